The predicted octanol–water partition coefficient (Wildman–Crippen LogP) is 1.72. The smallest absolute Gasteiger partial charge is 0.0505 e. The first-order chi connectivity index (χ1) is 3.35. The van der Waals surface area contributed by atoms with Gasteiger partial charge in [-0.15, -0.1) is 0 Å². The number of alkyl halides is 1. The number of hydrogen-bond acceptors (Lipinski definition) is 1. The fourth-order valence-corrected chi connectivity index (χ4v) is 1.36. The summed E-state index contributed by atoms with van der Waals surface area (Å²) in [7, 11) is 0. The van der Waals surface area contributed by atoms with Gasteiger partial charge in [0.2, 0.25) is 0 Å². The van der Waals surface area contributed by atoms with E-state index in [1.54, 1.807) is 0 Å². The molecule has 0 rings (SSSR count). The van der Waals surface area contributed by atoms with E-state index in [4.69, 9.17) is 0 Å². The maximum Gasteiger partial charge on any atom is 0.0505 e. The van der Waals surface area contributed by atoms with Crippen LogP contribution >= 0.6 is 22.6 Å². The summed E-state index contributed by atoms with van der Waals surface area (Å²) in [6.45, 7) is 6.73. The van der Waals surface area contributed by atoms with E-state index in [9.17, 15) is 0 Å². The van der Waals surface area contributed by atoms with E-state index in [0.717, 1.165) is 4.55 Å². The number of hydrogen-bond donors (Lipinski definition) is 0. The number of rotatable bonds is 3. The maximum atomic E-state index is 2.38. The fraction of sp³-hybridized carbons (Fsp3) is 1.00. The van der Waals surface area contributed by atoms with Gasteiger partial charge >= 0.3 is 0 Å². The molecule has 0 unspecified atom stereocenters. The summed E-state index contributed by atoms with van der Waals surface area (Å²) in [6.07, 6.45) is 0. The highest BCUT2D eigenvalue weighted by Gasteiger charge is 1.90. The van der Waals surface area contributed by atoms with Gasteiger partial charge in [0, 0.05) is 0 Å². The second-order valence-corrected chi connectivity index (χ2v) is 2.11. The molecule has 0 spiro atoms. The van der Waals surface area contributed by atoms with Crippen molar-refractivity contribution in [3.8, 4) is 0 Å². The Kier molecular flexibility index (Phi) is 5.32. The minimum absolute atomic E-state index is 1.16. The van der Waals surface area contributed by atoms with E-state index in [2.05, 4.69) is 41.3 Å². The lowest BCUT2D eigenvalue weighted by Crippen LogP contribution is -2.20. The van der Waals surface area contributed by atoms with Gasteiger partial charge in [-0.3, -0.25) is 4.90 Å². The molecule has 0 heterocycles. The Hall–Kier alpha value is 0.690. The van der Waals surface area contributed by atoms with Crippen LogP contribution in [0.25, 0.3) is 0 Å². The molecular weight excluding hydrogens is 201 g/mol. The van der Waals surface area contributed by atoms with Crippen molar-refractivity contribution in [3.05, 3.63) is 0 Å². The monoisotopic (exact) mass is 213 g/mol. The fourth-order valence-electron chi connectivity index (χ4n) is 0.393. The van der Waals surface area contributed by atoms with Gasteiger partial charge in [-0.1, -0.05) is 36.4 Å². The molecule has 0 fully saturated rings. The first-order valence-electron chi connectivity index (χ1n) is 2.63. The van der Waals surface area contributed by atoms with E-state index in [-0.39, 0.29) is 0 Å². The van der Waals surface area contributed by atoms with E-state index in [1.807, 2.05) is 0 Å². The molecule has 0 aromatic rings. The highest BCUT2D eigenvalue weighted by atomic mass is 127. The summed E-state index contributed by atoms with van der Waals surface area (Å²) < 4.78 is 1.16. The molecule has 0 atom stereocenters. The zero-order valence-electron chi connectivity index (χ0n) is 4.95. The van der Waals surface area contributed by atoms with Gasteiger partial charge in [-0.05, 0) is 13.1 Å². The van der Waals surface area contributed by atoms with Crippen LogP contribution in [-0.2, 0) is 0 Å². The van der Waals surface area contributed by atoms with Gasteiger partial charge in [0.1, 0.15) is 0 Å². The molecule has 0 aliphatic rings. The van der Waals surface area contributed by atoms with Crippen molar-refractivity contribution in [3.63, 3.8) is 0 Å². The Morgan fingerprint density at radius 2 is 1.71 bits per heavy atom. The molecule has 1 nitrogen and oxygen atoms in total. The first kappa shape index (κ1) is 7.69. The molecule has 0 saturated carbocycles. The third kappa shape index (κ3) is 3.29. The van der Waals surface area contributed by atoms with Gasteiger partial charge in [-0.2, -0.15) is 0 Å². The molecule has 0 aromatic carbocycles. The molecular formula is C5H12IN. The minimum Gasteiger partial charge on any atom is -0.295 e. The molecule has 44 valence electrons. The first-order valence-corrected chi connectivity index (χ1v) is 4.16. The summed E-state index contributed by atoms with van der Waals surface area (Å²) in [5.74, 6) is 0. The lowest BCUT2D eigenvalue weighted by atomic mass is 10.6. The summed E-state index contributed by atoms with van der Waals surface area (Å²) in [6, 6.07) is 0. The second-order valence-electron chi connectivity index (χ2n) is 1.42. The van der Waals surface area contributed by atoms with Gasteiger partial charge < -0.3 is 0 Å². The SMILES string of the molecule is CCN(CC)CI. The Bertz CT molecular complexity index is 29.6. The van der Waals surface area contributed by atoms with E-state index >= 15 is 0 Å². The van der Waals surface area contributed by atoms with Gasteiger partial charge in [0.25, 0.3) is 0 Å². The molecule has 0 aromatic heterocycles. The van der Waals surface area contributed by atoms with E-state index in [1.165, 1.54) is 13.1 Å². The molecule has 0 radical (unpaired) electrons. The lowest BCUT2D eigenvalue weighted by Gasteiger charge is -2.12. The predicted molar refractivity (Wildman–Crippen MR) is 41.8 cm³/mol. The highest BCUT2D eigenvalue weighted by Crippen LogP contribution is 1.90. The molecule has 0 N–H and O–H groups in total. The molecule has 0 saturated heterocycles. The highest BCUT2D eigenvalue weighted by molar-refractivity contribution is 14.1. The van der Waals surface area contributed by atoms with Crippen LogP contribution in [0.1, 0.15) is 13.8 Å². The normalized spacial score (nSPS) is 10.3. The summed E-state index contributed by atoms with van der Waals surface area (Å²) in [4.78, 5) is 2.36. The zero-order chi connectivity index (χ0) is 5.70. The maximum absolute atomic E-state index is 2.38. The molecule has 2 heteroatoms. The van der Waals surface area contributed by atoms with Crippen LogP contribution in [0, 0.1) is 0 Å². The Morgan fingerprint density at radius 1 is 1.29 bits per heavy atom. The summed E-state index contributed by atoms with van der Waals surface area (Å²) in [5.41, 5.74) is 0. The van der Waals surface area contributed by atoms with Gasteiger partial charge in [-0.25, -0.2) is 0 Å². The summed E-state index contributed by atoms with van der Waals surface area (Å²) in [5, 5.41) is 0. The van der Waals surface area contributed by atoms with Crippen LogP contribution in [0.2, 0.25) is 0 Å². The van der Waals surface area contributed by atoms with Gasteiger partial charge in [0.15, 0.2) is 0 Å². The van der Waals surface area contributed by atoms with Crippen molar-refractivity contribution >= 4 is 22.6 Å². The molecule has 0 amide bonds. The van der Waals surface area contributed by atoms with Crippen LogP contribution in [0.5, 0.6) is 0 Å². The Balaban J connectivity index is 2.99. The van der Waals surface area contributed by atoms with Crippen LogP contribution in [0.3, 0.4) is 0 Å². The van der Waals surface area contributed by atoms with Crippen molar-refractivity contribution in [1.82, 2.24) is 4.90 Å². The van der Waals surface area contributed by atoms with E-state index < -0.39 is 0 Å². The van der Waals surface area contributed by atoms with Gasteiger partial charge in [0.05, 0.1) is 4.55 Å². The summed E-state index contributed by atoms with van der Waals surface area (Å²) >= 11 is 2.38. The third-order valence-electron chi connectivity index (χ3n) is 1.06. The van der Waals surface area contributed by atoms with Crippen LogP contribution in [-0.4, -0.2) is 22.5 Å². The van der Waals surface area contributed by atoms with Crippen molar-refractivity contribution in [2.45, 2.75) is 13.8 Å². The number of halogens is 1. The van der Waals surface area contributed by atoms with Crippen LogP contribution in [0.15, 0.2) is 0 Å². The molecule has 0 bridgehead atoms. The Labute approximate surface area is 59.2 Å². The second kappa shape index (κ2) is 4.84. The van der Waals surface area contributed by atoms with Crippen molar-refractivity contribution in [2.75, 3.05) is 17.6 Å². The quantitative estimate of drug-likeness (QED) is 0.392. The van der Waals surface area contributed by atoms with E-state index in [0.29, 0.717) is 0 Å². The van der Waals surface area contributed by atoms with Crippen LogP contribution < -0.4 is 0 Å². The largest absolute Gasteiger partial charge is 0.295 e. The molecule has 7 heavy (non-hydrogen) atoms. The van der Waals surface area contributed by atoms with Crippen molar-refractivity contribution in [2.24, 2.45) is 0 Å². The zero-order valence-corrected chi connectivity index (χ0v) is 7.10. The minimum atomic E-state index is 1.16. The topological polar surface area (TPSA) is 3.24 Å². The average Bonchev–Trinajstić information content (AvgIpc) is 1.72. The standard InChI is InChI=1S/C5H12IN/c1-3-7(4-2)5-6/h3-5H2,1-2H3. The number of nitrogens with zero attached hydrogens (tertiary/aromatic N) is 1. The average molecular weight is 213 g/mol. The Morgan fingerprint density at radius 3 is 1.71 bits per heavy atom. The van der Waals surface area contributed by atoms with Crippen molar-refractivity contribution < 1.29 is 0 Å². The molecule has 0 aliphatic heterocycles. The molecule has 0 aliphatic carbocycles. The van der Waals surface area contributed by atoms with Crippen LogP contribution in [0.4, 0.5) is 0 Å². The van der Waals surface area contributed by atoms with Crippen molar-refractivity contribution in [1.29, 1.82) is 0 Å². The third-order valence-corrected chi connectivity index (χ3v) is 2.03. The lowest BCUT2D eigenvalue weighted by molar-refractivity contribution is 0.366.